The summed E-state index contributed by atoms with van der Waals surface area (Å²) in [6, 6.07) is 0. The number of rotatable bonds is 5. The van der Waals surface area contributed by atoms with Gasteiger partial charge in [0.25, 0.3) is 5.91 Å². The molecule has 1 aliphatic rings. The van der Waals surface area contributed by atoms with E-state index in [1.807, 2.05) is 23.2 Å². The average molecular weight is 456 g/mol. The van der Waals surface area contributed by atoms with E-state index in [-0.39, 0.29) is 5.91 Å². The Morgan fingerprint density at radius 2 is 2.19 bits per heavy atom. The van der Waals surface area contributed by atoms with Gasteiger partial charge < -0.3 is 14.0 Å². The molecule has 4 aromatic rings. The van der Waals surface area contributed by atoms with Crippen molar-refractivity contribution < 1.29 is 9.32 Å². The highest BCUT2D eigenvalue weighted by Gasteiger charge is 2.32. The summed E-state index contributed by atoms with van der Waals surface area (Å²) in [5.41, 5.74) is 3.81. The Morgan fingerprint density at radius 3 is 2.94 bits per heavy atom. The molecule has 0 aromatic carbocycles. The molecule has 0 saturated heterocycles. The van der Waals surface area contributed by atoms with Crippen LogP contribution in [0.25, 0.3) is 11.5 Å². The predicted octanol–water partition coefficient (Wildman–Crippen LogP) is 2.09. The normalized spacial score (nSPS) is 13.6. The van der Waals surface area contributed by atoms with Crippen molar-refractivity contribution in [3.8, 4) is 11.5 Å². The molecular formula is C20H22ClN9O2. The maximum Gasteiger partial charge on any atom is 0.276 e. The van der Waals surface area contributed by atoms with Gasteiger partial charge in [0.2, 0.25) is 0 Å². The van der Waals surface area contributed by atoms with E-state index in [0.717, 1.165) is 23.5 Å². The van der Waals surface area contributed by atoms with Crippen LogP contribution in [0.5, 0.6) is 0 Å². The SMILES string of the molecule is CCn1cnnc1-c1nn(C)c2c1CN(C(=O)c1noc(C)c1Cn1cc(Cl)cn1)CC2. The number of aromatic nitrogens is 8. The van der Waals surface area contributed by atoms with Crippen molar-refractivity contribution in [3.63, 3.8) is 0 Å². The van der Waals surface area contributed by atoms with Crippen molar-refractivity contribution >= 4 is 17.5 Å². The number of amides is 1. The van der Waals surface area contributed by atoms with Crippen LogP contribution in [-0.4, -0.2) is 56.8 Å². The number of halogens is 1. The summed E-state index contributed by atoms with van der Waals surface area (Å²) in [4.78, 5) is 15.2. The number of nitrogens with zero attached hydrogens (tertiary/aromatic N) is 9. The van der Waals surface area contributed by atoms with Crippen LogP contribution < -0.4 is 0 Å². The molecule has 4 aromatic heterocycles. The summed E-state index contributed by atoms with van der Waals surface area (Å²) >= 11 is 5.98. The molecule has 0 spiro atoms. The molecule has 11 nitrogen and oxygen atoms in total. The fraction of sp³-hybridized carbons (Fsp3) is 0.400. The molecule has 0 bridgehead atoms. The molecule has 1 aliphatic heterocycles. The van der Waals surface area contributed by atoms with E-state index < -0.39 is 0 Å². The van der Waals surface area contributed by atoms with Crippen molar-refractivity contribution in [1.82, 2.24) is 44.4 Å². The summed E-state index contributed by atoms with van der Waals surface area (Å²) in [5, 5.41) is 21.8. The van der Waals surface area contributed by atoms with Crippen molar-refractivity contribution in [2.75, 3.05) is 6.54 Å². The summed E-state index contributed by atoms with van der Waals surface area (Å²) in [5.74, 6) is 1.09. The molecule has 166 valence electrons. The molecule has 0 unspecified atom stereocenters. The van der Waals surface area contributed by atoms with Crippen LogP contribution in [-0.2, 0) is 33.1 Å². The quantitative estimate of drug-likeness (QED) is 0.452. The molecule has 32 heavy (non-hydrogen) atoms. The van der Waals surface area contributed by atoms with Gasteiger partial charge in [0.05, 0.1) is 24.3 Å². The number of aryl methyl sites for hydroxylation is 3. The van der Waals surface area contributed by atoms with Crippen molar-refractivity contribution in [2.45, 2.75) is 39.9 Å². The molecule has 5 rings (SSSR count). The van der Waals surface area contributed by atoms with Crippen molar-refractivity contribution in [2.24, 2.45) is 7.05 Å². The summed E-state index contributed by atoms with van der Waals surface area (Å²) in [6.45, 7) is 5.86. The van der Waals surface area contributed by atoms with E-state index in [1.165, 1.54) is 0 Å². The highest BCUT2D eigenvalue weighted by molar-refractivity contribution is 6.30. The van der Waals surface area contributed by atoms with Gasteiger partial charge in [0, 0.05) is 49.6 Å². The van der Waals surface area contributed by atoms with Gasteiger partial charge in [0.15, 0.2) is 11.5 Å². The zero-order valence-corrected chi connectivity index (χ0v) is 18.7. The van der Waals surface area contributed by atoms with Gasteiger partial charge in [0.1, 0.15) is 17.8 Å². The molecule has 5 heterocycles. The lowest BCUT2D eigenvalue weighted by molar-refractivity contribution is 0.0722. The van der Waals surface area contributed by atoms with E-state index >= 15 is 0 Å². The van der Waals surface area contributed by atoms with Gasteiger partial charge >= 0.3 is 0 Å². The number of fused-ring (bicyclic) bond motifs is 1. The Balaban J connectivity index is 1.45. The predicted molar refractivity (Wildman–Crippen MR) is 114 cm³/mol. The van der Waals surface area contributed by atoms with Gasteiger partial charge in [-0.3, -0.25) is 14.2 Å². The Labute approximate surface area is 188 Å². The van der Waals surface area contributed by atoms with Gasteiger partial charge in [-0.25, -0.2) is 0 Å². The Kier molecular flexibility index (Phi) is 5.04. The number of hydrogen-bond acceptors (Lipinski definition) is 7. The largest absolute Gasteiger partial charge is 0.361 e. The molecular weight excluding hydrogens is 434 g/mol. The third-order valence-corrected chi connectivity index (χ3v) is 6.00. The lowest BCUT2D eigenvalue weighted by Gasteiger charge is -2.27. The van der Waals surface area contributed by atoms with Gasteiger partial charge in [-0.05, 0) is 13.8 Å². The average Bonchev–Trinajstić information content (AvgIpc) is 3.56. The smallest absolute Gasteiger partial charge is 0.276 e. The summed E-state index contributed by atoms with van der Waals surface area (Å²) in [6.07, 6.45) is 5.62. The zero-order valence-electron chi connectivity index (χ0n) is 18.0. The van der Waals surface area contributed by atoms with E-state index in [9.17, 15) is 4.79 Å². The monoisotopic (exact) mass is 455 g/mol. The third kappa shape index (κ3) is 3.38. The Morgan fingerprint density at radius 1 is 1.34 bits per heavy atom. The summed E-state index contributed by atoms with van der Waals surface area (Å²) in [7, 11) is 1.92. The van der Waals surface area contributed by atoms with Crippen LogP contribution in [0.15, 0.2) is 23.2 Å². The first kappa shape index (κ1) is 20.4. The van der Waals surface area contributed by atoms with E-state index in [2.05, 4.69) is 25.6 Å². The number of carbonyl (C=O) groups is 1. The minimum atomic E-state index is -0.187. The maximum atomic E-state index is 13.5. The molecule has 0 fully saturated rings. The Hall–Kier alpha value is -3.47. The maximum absolute atomic E-state index is 13.5. The minimum Gasteiger partial charge on any atom is -0.361 e. The fourth-order valence-corrected chi connectivity index (χ4v) is 4.25. The van der Waals surface area contributed by atoms with E-state index in [4.69, 9.17) is 16.1 Å². The molecule has 0 atom stereocenters. The van der Waals surface area contributed by atoms with Crippen LogP contribution in [0, 0.1) is 6.92 Å². The second kappa shape index (κ2) is 7.90. The highest BCUT2D eigenvalue weighted by Crippen LogP contribution is 2.30. The lowest BCUT2D eigenvalue weighted by Crippen LogP contribution is -2.37. The molecule has 0 N–H and O–H groups in total. The fourth-order valence-electron chi connectivity index (χ4n) is 4.10. The lowest BCUT2D eigenvalue weighted by atomic mass is 10.0. The Bertz CT molecular complexity index is 1300. The highest BCUT2D eigenvalue weighted by atomic mass is 35.5. The molecule has 0 radical (unpaired) electrons. The van der Waals surface area contributed by atoms with Crippen LogP contribution in [0.1, 0.15) is 40.0 Å². The second-order valence-electron chi connectivity index (χ2n) is 7.74. The van der Waals surface area contributed by atoms with Crippen LogP contribution >= 0.6 is 11.6 Å². The van der Waals surface area contributed by atoms with Gasteiger partial charge in [-0.15, -0.1) is 10.2 Å². The zero-order chi connectivity index (χ0) is 22.4. The first-order valence-electron chi connectivity index (χ1n) is 10.3. The summed E-state index contributed by atoms with van der Waals surface area (Å²) < 4.78 is 10.8. The van der Waals surface area contributed by atoms with E-state index in [1.54, 1.807) is 35.2 Å². The van der Waals surface area contributed by atoms with Crippen LogP contribution in [0.4, 0.5) is 0 Å². The number of carbonyl (C=O) groups excluding carboxylic acids is 1. The second-order valence-corrected chi connectivity index (χ2v) is 8.17. The van der Waals surface area contributed by atoms with E-state index in [0.29, 0.717) is 53.9 Å². The van der Waals surface area contributed by atoms with Crippen LogP contribution in [0.2, 0.25) is 5.02 Å². The standard InChI is InChI=1S/C20H22ClN9O2/c1-4-28-11-22-24-19(28)17-15-9-29(6-5-16(15)27(3)25-17)20(31)18-14(12(2)32-26-18)10-30-8-13(21)7-23-30/h7-8,11H,4-6,9-10H2,1-3H3. The first-order valence-corrected chi connectivity index (χ1v) is 10.7. The molecule has 0 aliphatic carbocycles. The van der Waals surface area contributed by atoms with Gasteiger partial charge in [-0.2, -0.15) is 10.2 Å². The molecule has 12 heteroatoms. The van der Waals surface area contributed by atoms with Crippen molar-refractivity contribution in [1.29, 1.82) is 0 Å². The topological polar surface area (TPSA) is 113 Å². The molecule has 0 saturated carbocycles. The number of hydrogen-bond donors (Lipinski definition) is 0. The van der Waals surface area contributed by atoms with Gasteiger partial charge in [-0.1, -0.05) is 16.8 Å². The van der Waals surface area contributed by atoms with Crippen molar-refractivity contribution in [3.05, 3.63) is 52.0 Å². The minimum absolute atomic E-state index is 0.187. The molecule has 1 amide bonds. The van der Waals surface area contributed by atoms with Crippen LogP contribution in [0.3, 0.4) is 0 Å². The third-order valence-electron chi connectivity index (χ3n) is 5.81. The first-order chi connectivity index (χ1) is 15.5.